The summed E-state index contributed by atoms with van der Waals surface area (Å²) in [5.74, 6) is -1.04. The summed E-state index contributed by atoms with van der Waals surface area (Å²) in [6.07, 6.45) is 0. The standard InChI is InChI=1S/C17H18FN3O5S/c1-12-2-5-16(22)17(10-12)27(25,26)20-8-6-19(7-9-20)15-4-3-13(21(23)24)11-14(15)18/h2-5,10-11,22H,6-9H2,1H3. The van der Waals surface area contributed by atoms with Gasteiger partial charge in [0, 0.05) is 32.2 Å². The molecule has 0 spiro atoms. The number of rotatable bonds is 4. The second-order valence-corrected chi connectivity index (χ2v) is 8.16. The van der Waals surface area contributed by atoms with Crippen molar-refractivity contribution in [3.63, 3.8) is 0 Å². The molecule has 27 heavy (non-hydrogen) atoms. The summed E-state index contributed by atoms with van der Waals surface area (Å²) in [5, 5.41) is 20.6. The molecule has 8 nitrogen and oxygen atoms in total. The Morgan fingerprint density at radius 1 is 1.11 bits per heavy atom. The number of hydrogen-bond donors (Lipinski definition) is 1. The van der Waals surface area contributed by atoms with Crippen molar-refractivity contribution >= 4 is 21.4 Å². The van der Waals surface area contributed by atoms with E-state index in [0.717, 1.165) is 6.07 Å². The molecule has 2 aromatic carbocycles. The second kappa shape index (κ2) is 7.12. The lowest BCUT2D eigenvalue weighted by Crippen LogP contribution is -2.48. The molecule has 1 N–H and O–H groups in total. The van der Waals surface area contributed by atoms with Gasteiger partial charge in [0.25, 0.3) is 5.69 Å². The first-order valence-corrected chi connectivity index (χ1v) is 9.63. The zero-order valence-electron chi connectivity index (χ0n) is 14.5. The first kappa shape index (κ1) is 19.1. The number of aryl methyl sites for hydroxylation is 1. The van der Waals surface area contributed by atoms with Crippen LogP contribution in [0.1, 0.15) is 5.56 Å². The van der Waals surface area contributed by atoms with Crippen LogP contribution in [0.4, 0.5) is 15.8 Å². The van der Waals surface area contributed by atoms with Gasteiger partial charge < -0.3 is 10.0 Å². The van der Waals surface area contributed by atoms with Gasteiger partial charge in [0.05, 0.1) is 16.7 Å². The molecule has 0 bridgehead atoms. The maximum atomic E-state index is 14.2. The number of anilines is 1. The molecule has 3 rings (SSSR count). The number of aromatic hydroxyl groups is 1. The highest BCUT2D eigenvalue weighted by Gasteiger charge is 2.31. The molecule has 1 heterocycles. The number of piperazine rings is 1. The molecule has 1 aliphatic rings. The summed E-state index contributed by atoms with van der Waals surface area (Å²) < 4.78 is 41.0. The monoisotopic (exact) mass is 395 g/mol. The van der Waals surface area contributed by atoms with E-state index >= 15 is 0 Å². The third kappa shape index (κ3) is 3.71. The smallest absolute Gasteiger partial charge is 0.272 e. The molecular weight excluding hydrogens is 377 g/mol. The predicted molar refractivity (Wildman–Crippen MR) is 96.9 cm³/mol. The van der Waals surface area contributed by atoms with Crippen molar-refractivity contribution in [3.8, 4) is 5.75 Å². The fourth-order valence-corrected chi connectivity index (χ4v) is 4.59. The van der Waals surface area contributed by atoms with Crippen LogP contribution in [0.15, 0.2) is 41.3 Å². The van der Waals surface area contributed by atoms with Gasteiger partial charge in [0.1, 0.15) is 10.6 Å². The van der Waals surface area contributed by atoms with Gasteiger partial charge in [-0.05, 0) is 30.7 Å². The van der Waals surface area contributed by atoms with Crippen LogP contribution in [0, 0.1) is 22.9 Å². The number of hydrogen-bond acceptors (Lipinski definition) is 6. The van der Waals surface area contributed by atoms with Crippen molar-refractivity contribution in [3.05, 3.63) is 57.9 Å². The number of sulfonamides is 1. The molecule has 0 atom stereocenters. The van der Waals surface area contributed by atoms with E-state index in [-0.39, 0.29) is 48.2 Å². The maximum absolute atomic E-state index is 14.2. The second-order valence-electron chi connectivity index (χ2n) is 6.26. The van der Waals surface area contributed by atoms with Crippen molar-refractivity contribution in [2.24, 2.45) is 0 Å². The maximum Gasteiger partial charge on any atom is 0.272 e. The predicted octanol–water partition coefficient (Wildman–Crippen LogP) is 2.26. The van der Waals surface area contributed by atoms with Crippen LogP contribution in [0.3, 0.4) is 0 Å². The van der Waals surface area contributed by atoms with E-state index in [4.69, 9.17) is 0 Å². The summed E-state index contributed by atoms with van der Waals surface area (Å²) in [5.41, 5.74) is 0.557. The van der Waals surface area contributed by atoms with Crippen LogP contribution in [0.5, 0.6) is 5.75 Å². The van der Waals surface area contributed by atoms with Gasteiger partial charge in [-0.15, -0.1) is 0 Å². The Balaban J connectivity index is 1.77. The Hall–Kier alpha value is -2.72. The lowest BCUT2D eigenvalue weighted by atomic mass is 10.2. The van der Waals surface area contributed by atoms with E-state index in [2.05, 4.69) is 0 Å². The SMILES string of the molecule is Cc1ccc(O)c(S(=O)(=O)N2CCN(c3ccc([N+](=O)[O-])cc3F)CC2)c1. The summed E-state index contributed by atoms with van der Waals surface area (Å²) in [6, 6.07) is 7.75. The minimum atomic E-state index is -3.88. The number of non-ortho nitro benzene ring substituents is 1. The quantitative estimate of drug-likeness (QED) is 0.629. The highest BCUT2D eigenvalue weighted by molar-refractivity contribution is 7.89. The molecule has 0 aliphatic carbocycles. The highest BCUT2D eigenvalue weighted by atomic mass is 32.2. The number of nitrogens with zero attached hydrogens (tertiary/aromatic N) is 3. The van der Waals surface area contributed by atoms with Crippen LogP contribution in [0.2, 0.25) is 0 Å². The minimum absolute atomic E-state index is 0.103. The van der Waals surface area contributed by atoms with Gasteiger partial charge in [0.15, 0.2) is 5.82 Å². The Morgan fingerprint density at radius 2 is 1.78 bits per heavy atom. The van der Waals surface area contributed by atoms with Gasteiger partial charge in [-0.2, -0.15) is 4.31 Å². The van der Waals surface area contributed by atoms with E-state index in [9.17, 15) is 28.0 Å². The average Bonchev–Trinajstić information content (AvgIpc) is 2.63. The minimum Gasteiger partial charge on any atom is -0.507 e. The molecule has 1 saturated heterocycles. The molecule has 0 radical (unpaired) electrons. The van der Waals surface area contributed by atoms with Gasteiger partial charge >= 0.3 is 0 Å². The zero-order chi connectivity index (χ0) is 19.8. The Kier molecular flexibility index (Phi) is 5.03. The van der Waals surface area contributed by atoms with Crippen molar-refractivity contribution < 1.29 is 22.8 Å². The number of nitro benzene ring substituents is 1. The number of halogens is 1. The lowest BCUT2D eigenvalue weighted by molar-refractivity contribution is -0.385. The molecule has 10 heteroatoms. The van der Waals surface area contributed by atoms with Crippen LogP contribution in [-0.4, -0.2) is 48.9 Å². The molecule has 1 fully saturated rings. The topological polar surface area (TPSA) is 104 Å². The van der Waals surface area contributed by atoms with Gasteiger partial charge in [-0.3, -0.25) is 10.1 Å². The van der Waals surface area contributed by atoms with Crippen molar-refractivity contribution in [2.75, 3.05) is 31.1 Å². The van der Waals surface area contributed by atoms with E-state index in [1.165, 1.54) is 28.6 Å². The van der Waals surface area contributed by atoms with E-state index < -0.39 is 20.8 Å². The zero-order valence-corrected chi connectivity index (χ0v) is 15.3. The molecular formula is C17H18FN3O5S. The number of benzene rings is 2. The molecule has 0 unspecified atom stereocenters. The van der Waals surface area contributed by atoms with Gasteiger partial charge in [-0.25, -0.2) is 12.8 Å². The molecule has 144 valence electrons. The average molecular weight is 395 g/mol. The summed E-state index contributed by atoms with van der Waals surface area (Å²) in [7, 11) is -3.88. The van der Waals surface area contributed by atoms with Crippen LogP contribution < -0.4 is 4.90 Å². The van der Waals surface area contributed by atoms with Crippen molar-refractivity contribution in [1.82, 2.24) is 4.31 Å². The normalized spacial score (nSPS) is 15.7. The summed E-state index contributed by atoms with van der Waals surface area (Å²) in [4.78, 5) is 11.5. The van der Waals surface area contributed by atoms with E-state index in [1.54, 1.807) is 17.9 Å². The molecule has 2 aromatic rings. The highest BCUT2D eigenvalue weighted by Crippen LogP contribution is 2.29. The third-order valence-corrected chi connectivity index (χ3v) is 6.38. The Bertz CT molecular complexity index is 988. The van der Waals surface area contributed by atoms with Crippen molar-refractivity contribution in [1.29, 1.82) is 0 Å². The first-order valence-electron chi connectivity index (χ1n) is 8.19. The summed E-state index contributed by atoms with van der Waals surface area (Å²) >= 11 is 0. The Labute approximate surface area is 155 Å². The Morgan fingerprint density at radius 3 is 2.37 bits per heavy atom. The number of phenolic OH excluding ortho intramolecular Hbond substituents is 1. The number of phenols is 1. The van der Waals surface area contributed by atoms with Crippen LogP contribution >= 0.6 is 0 Å². The summed E-state index contributed by atoms with van der Waals surface area (Å²) in [6.45, 7) is 2.38. The fourth-order valence-electron chi connectivity index (χ4n) is 3.00. The molecule has 1 aliphatic heterocycles. The van der Waals surface area contributed by atoms with E-state index in [1.807, 2.05) is 0 Å². The van der Waals surface area contributed by atoms with Gasteiger partial charge in [0.2, 0.25) is 10.0 Å². The molecule has 0 saturated carbocycles. The molecule has 0 amide bonds. The van der Waals surface area contributed by atoms with Gasteiger partial charge in [-0.1, -0.05) is 6.07 Å². The molecule has 0 aromatic heterocycles. The van der Waals surface area contributed by atoms with Crippen LogP contribution in [0.25, 0.3) is 0 Å². The largest absolute Gasteiger partial charge is 0.507 e. The van der Waals surface area contributed by atoms with Crippen LogP contribution in [-0.2, 0) is 10.0 Å². The van der Waals surface area contributed by atoms with E-state index in [0.29, 0.717) is 5.56 Å². The number of nitro groups is 1. The fraction of sp³-hybridized carbons (Fsp3) is 0.294. The first-order chi connectivity index (χ1) is 12.7. The third-order valence-electron chi connectivity index (χ3n) is 4.45. The van der Waals surface area contributed by atoms with Crippen molar-refractivity contribution in [2.45, 2.75) is 11.8 Å². The lowest BCUT2D eigenvalue weighted by Gasteiger charge is -2.35.